The summed E-state index contributed by atoms with van der Waals surface area (Å²) in [5.74, 6) is 6.12. The van der Waals surface area contributed by atoms with Gasteiger partial charge in [-0.25, -0.2) is 4.98 Å². The molecule has 1 aromatic heterocycles. The van der Waals surface area contributed by atoms with Crippen LogP contribution in [0.25, 0.3) is 0 Å². The Kier molecular flexibility index (Phi) is 4.24. The summed E-state index contributed by atoms with van der Waals surface area (Å²) >= 11 is 9.07. The second-order valence-electron chi connectivity index (χ2n) is 3.64. The Labute approximate surface area is 120 Å². The maximum Gasteiger partial charge on any atom is 0.129 e. The van der Waals surface area contributed by atoms with Crippen LogP contribution in [0.4, 0.5) is 5.69 Å². The van der Waals surface area contributed by atoms with Crippen LogP contribution in [0.5, 0.6) is 0 Å². The van der Waals surface area contributed by atoms with Crippen molar-refractivity contribution in [3.05, 3.63) is 58.9 Å². The fourth-order valence-electron chi connectivity index (χ4n) is 1.34. The maximum atomic E-state index is 5.71. The third-order valence-corrected chi connectivity index (χ3v) is 2.93. The first-order valence-corrected chi connectivity index (χ1v) is 6.37. The summed E-state index contributed by atoms with van der Waals surface area (Å²) in [5.41, 5.74) is 2.89. The lowest BCUT2D eigenvalue weighted by atomic mass is 10.2. The second kappa shape index (κ2) is 5.90. The molecule has 2 aromatic rings. The minimum atomic E-state index is 0.477. The number of nitrogens with zero attached hydrogens (tertiary/aromatic N) is 2. The summed E-state index contributed by atoms with van der Waals surface area (Å²) in [7, 11) is 1.93. The van der Waals surface area contributed by atoms with Gasteiger partial charge in [-0.05, 0) is 36.4 Å². The van der Waals surface area contributed by atoms with Gasteiger partial charge in [0.05, 0.1) is 0 Å². The van der Waals surface area contributed by atoms with Crippen LogP contribution >= 0.6 is 27.7 Å². The lowest BCUT2D eigenvalue weighted by molar-refractivity contribution is 1.31. The van der Waals surface area contributed by atoms with Gasteiger partial charge in [-0.2, -0.15) is 0 Å². The zero-order valence-electron chi connectivity index (χ0n) is 9.69. The zero-order valence-corrected chi connectivity index (χ0v) is 12.0. The molecule has 2 rings (SSSR count). The maximum absolute atomic E-state index is 5.71. The number of pyridine rings is 1. The van der Waals surface area contributed by atoms with E-state index in [2.05, 4.69) is 33.0 Å². The topological polar surface area (TPSA) is 16.1 Å². The molecule has 0 aliphatic rings. The number of rotatable bonds is 1. The highest BCUT2D eigenvalue weighted by Gasteiger charge is 1.95. The Morgan fingerprint density at radius 3 is 2.22 bits per heavy atom. The quantitative estimate of drug-likeness (QED) is 0.450. The van der Waals surface area contributed by atoms with Crippen LogP contribution in [-0.2, 0) is 0 Å². The van der Waals surface area contributed by atoms with Crippen LogP contribution in [0.2, 0.25) is 5.15 Å². The minimum absolute atomic E-state index is 0.477. The van der Waals surface area contributed by atoms with Gasteiger partial charge in [-0.1, -0.05) is 23.4 Å². The van der Waals surface area contributed by atoms with Gasteiger partial charge >= 0.3 is 0 Å². The van der Waals surface area contributed by atoms with Crippen LogP contribution < -0.4 is 3.93 Å². The minimum Gasteiger partial charge on any atom is -0.312 e. The molecule has 0 spiro atoms. The van der Waals surface area contributed by atoms with Gasteiger partial charge in [0.15, 0.2) is 0 Å². The number of hydrogen-bond donors (Lipinski definition) is 0. The lowest BCUT2D eigenvalue weighted by Crippen LogP contribution is -1.98. The van der Waals surface area contributed by atoms with Crippen molar-refractivity contribution in [1.82, 2.24) is 4.98 Å². The number of benzene rings is 1. The third-order valence-electron chi connectivity index (χ3n) is 2.30. The van der Waals surface area contributed by atoms with E-state index in [1.165, 1.54) is 0 Å². The highest BCUT2D eigenvalue weighted by Crippen LogP contribution is 2.16. The van der Waals surface area contributed by atoms with E-state index < -0.39 is 0 Å². The molecule has 0 unspecified atom stereocenters. The molecule has 0 amide bonds. The van der Waals surface area contributed by atoms with Gasteiger partial charge < -0.3 is 3.93 Å². The normalized spacial score (nSPS) is 9.50. The molecule has 0 radical (unpaired) electrons. The molecule has 1 heterocycles. The summed E-state index contributed by atoms with van der Waals surface area (Å²) in [6.45, 7) is 0. The first-order chi connectivity index (χ1) is 8.65. The molecule has 18 heavy (non-hydrogen) atoms. The largest absolute Gasteiger partial charge is 0.312 e. The van der Waals surface area contributed by atoms with E-state index in [1.54, 1.807) is 12.3 Å². The van der Waals surface area contributed by atoms with Gasteiger partial charge in [0.2, 0.25) is 0 Å². The van der Waals surface area contributed by atoms with E-state index in [-0.39, 0.29) is 0 Å². The third kappa shape index (κ3) is 3.49. The molecular formula is C14H10BrClN2. The summed E-state index contributed by atoms with van der Waals surface area (Å²) in [4.78, 5) is 3.98. The predicted octanol–water partition coefficient (Wildman–Crippen LogP) is 3.88. The molecule has 0 aliphatic carbocycles. The van der Waals surface area contributed by atoms with E-state index in [0.717, 1.165) is 16.8 Å². The molecule has 0 aliphatic heterocycles. The van der Waals surface area contributed by atoms with Gasteiger partial charge in [-0.3, -0.25) is 0 Å². The van der Waals surface area contributed by atoms with Crippen molar-refractivity contribution in [2.75, 3.05) is 11.0 Å². The highest BCUT2D eigenvalue weighted by molar-refractivity contribution is 9.10. The number of hydrogen-bond acceptors (Lipinski definition) is 2. The summed E-state index contributed by atoms with van der Waals surface area (Å²) < 4.78 is 1.87. The van der Waals surface area contributed by atoms with Gasteiger partial charge in [0.25, 0.3) is 0 Å². The lowest BCUT2D eigenvalue weighted by Gasteiger charge is -2.08. The Morgan fingerprint density at radius 1 is 1.06 bits per heavy atom. The molecular weight excluding hydrogens is 312 g/mol. The molecule has 2 nitrogen and oxygen atoms in total. The van der Waals surface area contributed by atoms with E-state index in [4.69, 9.17) is 11.6 Å². The number of aromatic nitrogens is 1. The van der Waals surface area contributed by atoms with Crippen molar-refractivity contribution >= 4 is 33.4 Å². The standard InChI is InChI=1S/C14H10BrClN2/c1-18(15)13-7-4-11(5-8-13)2-3-12-6-9-14(16)17-10-12/h4-10H,1H3. The molecule has 0 fully saturated rings. The first kappa shape index (κ1) is 12.9. The van der Waals surface area contributed by atoms with E-state index in [9.17, 15) is 0 Å². The first-order valence-electron chi connectivity index (χ1n) is 5.28. The Bertz CT molecular complexity index is 580. The molecule has 0 saturated carbocycles. The molecule has 90 valence electrons. The summed E-state index contributed by atoms with van der Waals surface area (Å²) in [5, 5.41) is 0.477. The summed E-state index contributed by atoms with van der Waals surface area (Å²) in [6.07, 6.45) is 1.66. The van der Waals surface area contributed by atoms with Gasteiger partial charge in [0, 0.05) is 46.2 Å². The Hall–Kier alpha value is -1.50. The van der Waals surface area contributed by atoms with E-state index >= 15 is 0 Å². The second-order valence-corrected chi connectivity index (χ2v) is 5.09. The fourth-order valence-corrected chi connectivity index (χ4v) is 1.69. The Morgan fingerprint density at radius 2 is 1.67 bits per heavy atom. The Balaban J connectivity index is 2.17. The molecule has 1 aromatic carbocycles. The number of anilines is 1. The average Bonchev–Trinajstić information content (AvgIpc) is 2.38. The van der Waals surface area contributed by atoms with Crippen LogP contribution in [0.1, 0.15) is 11.1 Å². The molecule has 0 N–H and O–H groups in total. The van der Waals surface area contributed by atoms with Crippen molar-refractivity contribution < 1.29 is 0 Å². The SMILES string of the molecule is CN(Br)c1ccc(C#Cc2ccc(Cl)nc2)cc1. The van der Waals surface area contributed by atoms with Crippen molar-refractivity contribution in [1.29, 1.82) is 0 Å². The number of halogens is 2. The van der Waals surface area contributed by atoms with Crippen molar-refractivity contribution in [3.63, 3.8) is 0 Å². The van der Waals surface area contributed by atoms with Crippen molar-refractivity contribution in [2.24, 2.45) is 0 Å². The molecule has 0 atom stereocenters. The molecule has 0 bridgehead atoms. The smallest absolute Gasteiger partial charge is 0.129 e. The van der Waals surface area contributed by atoms with Gasteiger partial charge in [0.1, 0.15) is 5.15 Å². The van der Waals surface area contributed by atoms with Crippen LogP contribution in [0, 0.1) is 11.8 Å². The van der Waals surface area contributed by atoms with Gasteiger partial charge in [-0.15, -0.1) is 0 Å². The highest BCUT2D eigenvalue weighted by atomic mass is 79.9. The average molecular weight is 322 g/mol. The van der Waals surface area contributed by atoms with Crippen LogP contribution in [0.15, 0.2) is 42.6 Å². The van der Waals surface area contributed by atoms with Crippen LogP contribution in [0.3, 0.4) is 0 Å². The van der Waals surface area contributed by atoms with E-state index in [0.29, 0.717) is 5.15 Å². The fraction of sp³-hybridized carbons (Fsp3) is 0.0714. The summed E-state index contributed by atoms with van der Waals surface area (Å²) in [6, 6.07) is 11.5. The molecule has 4 heteroatoms. The molecule has 0 saturated heterocycles. The zero-order chi connectivity index (χ0) is 13.0. The predicted molar refractivity (Wildman–Crippen MR) is 79.0 cm³/mol. The monoisotopic (exact) mass is 320 g/mol. The van der Waals surface area contributed by atoms with Crippen LogP contribution in [-0.4, -0.2) is 12.0 Å². The van der Waals surface area contributed by atoms with E-state index in [1.807, 2.05) is 41.3 Å². The van der Waals surface area contributed by atoms with Crippen molar-refractivity contribution in [3.8, 4) is 11.8 Å². The van der Waals surface area contributed by atoms with Crippen molar-refractivity contribution in [2.45, 2.75) is 0 Å².